The second kappa shape index (κ2) is 7.78. The SMILES string of the molecule is CC(O)CCNCc1ccccc1N1CC(C)OC(C)C1. The molecule has 2 N–H and O–H groups in total. The van der Waals surface area contributed by atoms with Gasteiger partial charge in [0, 0.05) is 25.3 Å². The van der Waals surface area contributed by atoms with Gasteiger partial charge in [0.05, 0.1) is 18.3 Å². The molecule has 3 atom stereocenters. The van der Waals surface area contributed by atoms with Crippen LogP contribution in [-0.2, 0) is 11.3 Å². The van der Waals surface area contributed by atoms with E-state index in [2.05, 4.69) is 48.3 Å². The second-order valence-electron chi connectivity index (χ2n) is 6.11. The average Bonchev–Trinajstić information content (AvgIpc) is 2.43. The Kier molecular flexibility index (Phi) is 6.03. The van der Waals surface area contributed by atoms with E-state index in [9.17, 15) is 5.11 Å². The van der Waals surface area contributed by atoms with Crippen LogP contribution >= 0.6 is 0 Å². The molecule has 21 heavy (non-hydrogen) atoms. The van der Waals surface area contributed by atoms with Crippen molar-refractivity contribution in [1.82, 2.24) is 5.32 Å². The molecule has 0 spiro atoms. The molecule has 0 saturated carbocycles. The van der Waals surface area contributed by atoms with Gasteiger partial charge in [0.15, 0.2) is 0 Å². The number of morpholine rings is 1. The number of anilines is 1. The van der Waals surface area contributed by atoms with E-state index in [0.717, 1.165) is 32.6 Å². The van der Waals surface area contributed by atoms with Gasteiger partial charge in [-0.3, -0.25) is 0 Å². The van der Waals surface area contributed by atoms with Crippen molar-refractivity contribution < 1.29 is 9.84 Å². The van der Waals surface area contributed by atoms with Crippen LogP contribution in [-0.4, -0.2) is 43.1 Å². The van der Waals surface area contributed by atoms with Crippen molar-refractivity contribution >= 4 is 5.69 Å². The Morgan fingerprint density at radius 2 is 1.95 bits per heavy atom. The highest BCUT2D eigenvalue weighted by atomic mass is 16.5. The van der Waals surface area contributed by atoms with Crippen molar-refractivity contribution in [2.24, 2.45) is 0 Å². The van der Waals surface area contributed by atoms with E-state index >= 15 is 0 Å². The lowest BCUT2D eigenvalue weighted by atomic mass is 10.1. The topological polar surface area (TPSA) is 44.7 Å². The standard InChI is InChI=1S/C17H28N2O2/c1-13(20)8-9-18-10-16-6-4-5-7-17(16)19-11-14(2)21-15(3)12-19/h4-7,13-15,18,20H,8-12H2,1-3H3. The molecule has 1 saturated heterocycles. The van der Waals surface area contributed by atoms with E-state index in [0.29, 0.717) is 0 Å². The molecular weight excluding hydrogens is 264 g/mol. The molecular formula is C17H28N2O2. The number of para-hydroxylation sites is 1. The molecule has 118 valence electrons. The Labute approximate surface area is 128 Å². The number of rotatable bonds is 6. The minimum Gasteiger partial charge on any atom is -0.393 e. The summed E-state index contributed by atoms with van der Waals surface area (Å²) in [5.41, 5.74) is 2.61. The molecule has 0 aliphatic carbocycles. The molecule has 1 aliphatic heterocycles. The first-order valence-electron chi connectivity index (χ1n) is 7.93. The maximum absolute atomic E-state index is 9.30. The predicted octanol–water partition coefficient (Wildman–Crippen LogP) is 2.16. The molecule has 4 nitrogen and oxygen atoms in total. The molecule has 1 aromatic rings. The lowest BCUT2D eigenvalue weighted by molar-refractivity contribution is -0.00526. The largest absolute Gasteiger partial charge is 0.393 e. The third-order valence-corrected chi connectivity index (χ3v) is 3.81. The molecule has 4 heteroatoms. The Bertz CT molecular complexity index is 427. The van der Waals surface area contributed by atoms with E-state index in [1.165, 1.54) is 11.3 Å². The van der Waals surface area contributed by atoms with Gasteiger partial charge in [-0.05, 0) is 45.4 Å². The Morgan fingerprint density at radius 1 is 1.29 bits per heavy atom. The van der Waals surface area contributed by atoms with Gasteiger partial charge in [-0.15, -0.1) is 0 Å². The zero-order valence-electron chi connectivity index (χ0n) is 13.4. The van der Waals surface area contributed by atoms with Crippen molar-refractivity contribution in [3.05, 3.63) is 29.8 Å². The van der Waals surface area contributed by atoms with Crippen molar-refractivity contribution in [1.29, 1.82) is 0 Å². The summed E-state index contributed by atoms with van der Waals surface area (Å²) in [4.78, 5) is 2.42. The van der Waals surface area contributed by atoms with Crippen LogP contribution in [0.2, 0.25) is 0 Å². The third kappa shape index (κ3) is 4.99. The number of nitrogens with zero attached hydrogens (tertiary/aromatic N) is 1. The van der Waals surface area contributed by atoms with Gasteiger partial charge in [0.1, 0.15) is 0 Å². The van der Waals surface area contributed by atoms with E-state index in [1.54, 1.807) is 0 Å². The van der Waals surface area contributed by atoms with Crippen molar-refractivity contribution in [3.8, 4) is 0 Å². The summed E-state index contributed by atoms with van der Waals surface area (Å²) in [6.07, 6.45) is 1.08. The zero-order chi connectivity index (χ0) is 15.2. The molecule has 2 rings (SSSR count). The fourth-order valence-electron chi connectivity index (χ4n) is 2.88. The van der Waals surface area contributed by atoms with Crippen LogP contribution < -0.4 is 10.2 Å². The van der Waals surface area contributed by atoms with Crippen molar-refractivity contribution in [2.45, 2.75) is 52.0 Å². The van der Waals surface area contributed by atoms with Crippen LogP contribution in [0.3, 0.4) is 0 Å². The van der Waals surface area contributed by atoms with Crippen LogP contribution in [0.25, 0.3) is 0 Å². The van der Waals surface area contributed by atoms with Gasteiger partial charge in [-0.25, -0.2) is 0 Å². The number of aliphatic hydroxyl groups excluding tert-OH is 1. The molecule has 1 heterocycles. The van der Waals surface area contributed by atoms with Gasteiger partial charge >= 0.3 is 0 Å². The highest BCUT2D eigenvalue weighted by Crippen LogP contribution is 2.24. The number of hydrogen-bond acceptors (Lipinski definition) is 4. The predicted molar refractivity (Wildman–Crippen MR) is 86.7 cm³/mol. The Morgan fingerprint density at radius 3 is 2.62 bits per heavy atom. The molecule has 0 amide bonds. The van der Waals surface area contributed by atoms with E-state index in [4.69, 9.17) is 4.74 Å². The first-order valence-corrected chi connectivity index (χ1v) is 7.93. The van der Waals surface area contributed by atoms with Crippen LogP contribution in [0.15, 0.2) is 24.3 Å². The minimum atomic E-state index is -0.242. The maximum Gasteiger partial charge on any atom is 0.0726 e. The summed E-state index contributed by atoms with van der Waals surface area (Å²) in [6, 6.07) is 8.55. The molecule has 3 unspecified atom stereocenters. The summed E-state index contributed by atoms with van der Waals surface area (Å²) in [5, 5.41) is 12.7. The van der Waals surface area contributed by atoms with Gasteiger partial charge in [0.25, 0.3) is 0 Å². The number of hydrogen-bond donors (Lipinski definition) is 2. The van der Waals surface area contributed by atoms with Crippen molar-refractivity contribution in [2.75, 3.05) is 24.5 Å². The molecule has 0 aromatic heterocycles. The number of aliphatic hydroxyl groups is 1. The fraction of sp³-hybridized carbons (Fsp3) is 0.647. The summed E-state index contributed by atoms with van der Waals surface area (Å²) in [7, 11) is 0. The second-order valence-corrected chi connectivity index (χ2v) is 6.11. The monoisotopic (exact) mass is 292 g/mol. The van der Waals surface area contributed by atoms with Gasteiger partial charge in [-0.1, -0.05) is 18.2 Å². The highest BCUT2D eigenvalue weighted by molar-refractivity contribution is 5.54. The number of nitrogens with one attached hydrogen (secondary N) is 1. The highest BCUT2D eigenvalue weighted by Gasteiger charge is 2.23. The van der Waals surface area contributed by atoms with Crippen LogP contribution in [0.4, 0.5) is 5.69 Å². The molecule has 1 fully saturated rings. The summed E-state index contributed by atoms with van der Waals surface area (Å²) in [5.74, 6) is 0. The minimum absolute atomic E-state index is 0.242. The lowest BCUT2D eigenvalue weighted by Gasteiger charge is -2.37. The smallest absolute Gasteiger partial charge is 0.0726 e. The normalized spacial score (nSPS) is 24.1. The van der Waals surface area contributed by atoms with Crippen LogP contribution in [0.5, 0.6) is 0 Å². The first kappa shape index (κ1) is 16.3. The van der Waals surface area contributed by atoms with E-state index in [1.807, 2.05) is 6.92 Å². The number of ether oxygens (including phenoxy) is 1. The third-order valence-electron chi connectivity index (χ3n) is 3.81. The maximum atomic E-state index is 9.30. The molecule has 1 aromatic carbocycles. The number of benzene rings is 1. The zero-order valence-corrected chi connectivity index (χ0v) is 13.4. The van der Waals surface area contributed by atoms with Crippen LogP contribution in [0, 0.1) is 0 Å². The Hall–Kier alpha value is -1.10. The van der Waals surface area contributed by atoms with Gasteiger partial charge < -0.3 is 20.1 Å². The Balaban J connectivity index is 1.99. The fourth-order valence-corrected chi connectivity index (χ4v) is 2.88. The van der Waals surface area contributed by atoms with Gasteiger partial charge in [0.2, 0.25) is 0 Å². The first-order chi connectivity index (χ1) is 10.1. The van der Waals surface area contributed by atoms with Gasteiger partial charge in [-0.2, -0.15) is 0 Å². The lowest BCUT2D eigenvalue weighted by Crippen LogP contribution is -2.46. The molecule has 0 bridgehead atoms. The average molecular weight is 292 g/mol. The quantitative estimate of drug-likeness (QED) is 0.789. The van der Waals surface area contributed by atoms with E-state index < -0.39 is 0 Å². The summed E-state index contributed by atoms with van der Waals surface area (Å²) < 4.78 is 5.82. The summed E-state index contributed by atoms with van der Waals surface area (Å²) >= 11 is 0. The van der Waals surface area contributed by atoms with Crippen molar-refractivity contribution in [3.63, 3.8) is 0 Å². The van der Waals surface area contributed by atoms with E-state index in [-0.39, 0.29) is 18.3 Å². The summed E-state index contributed by atoms with van der Waals surface area (Å²) in [6.45, 7) is 9.64. The molecule has 0 radical (unpaired) electrons. The molecule has 1 aliphatic rings. The van der Waals surface area contributed by atoms with Crippen LogP contribution in [0.1, 0.15) is 32.8 Å².